The molecule has 4 rings (SSSR count). The van der Waals surface area contributed by atoms with Crippen LogP contribution in [0.2, 0.25) is 0 Å². The number of hydrogen-bond donors (Lipinski definition) is 1. The molecule has 8 nitrogen and oxygen atoms in total. The smallest absolute Gasteiger partial charge is 0.433 e. The van der Waals surface area contributed by atoms with E-state index in [0.29, 0.717) is 12.4 Å². The standard InChI is InChI=1S/C19H13F5N6O2/c20-12-2-1-10(5-13(12)21)32-11-7-30(8-11)17-16(25-3-4-26-17)18(31)29-15-6-14(19(22,23)24)27-9-28-15/h1-6,9,11H,7-8H2,(H,27,28,29,31). The van der Waals surface area contributed by atoms with Gasteiger partial charge in [0, 0.05) is 24.5 Å². The van der Waals surface area contributed by atoms with E-state index in [1.54, 1.807) is 4.90 Å². The van der Waals surface area contributed by atoms with Gasteiger partial charge in [-0.05, 0) is 12.1 Å². The SMILES string of the molecule is O=C(Nc1cc(C(F)(F)F)ncn1)c1nccnc1N1CC(Oc2ccc(F)c(F)c2)C1. The molecule has 166 valence electrons. The molecule has 3 aromatic rings. The minimum Gasteiger partial charge on any atom is -0.487 e. The second-order valence-corrected chi connectivity index (χ2v) is 6.69. The minimum absolute atomic E-state index is 0.133. The topological polar surface area (TPSA) is 93.1 Å². The van der Waals surface area contributed by atoms with Gasteiger partial charge in [-0.1, -0.05) is 0 Å². The molecule has 1 aliphatic heterocycles. The van der Waals surface area contributed by atoms with Crippen molar-refractivity contribution in [2.45, 2.75) is 12.3 Å². The molecular weight excluding hydrogens is 439 g/mol. The lowest BCUT2D eigenvalue weighted by atomic mass is 10.1. The average Bonchev–Trinajstić information content (AvgIpc) is 2.72. The maximum absolute atomic E-state index is 13.3. The average molecular weight is 452 g/mol. The lowest BCUT2D eigenvalue weighted by Crippen LogP contribution is -2.54. The predicted octanol–water partition coefficient (Wildman–Crippen LogP) is 3.08. The highest BCUT2D eigenvalue weighted by molar-refractivity contribution is 6.05. The van der Waals surface area contributed by atoms with Gasteiger partial charge in [0.15, 0.2) is 23.1 Å². The van der Waals surface area contributed by atoms with Crippen LogP contribution in [0.25, 0.3) is 0 Å². The van der Waals surface area contributed by atoms with E-state index in [1.165, 1.54) is 18.5 Å². The maximum atomic E-state index is 13.3. The van der Waals surface area contributed by atoms with Gasteiger partial charge in [-0.15, -0.1) is 0 Å². The Morgan fingerprint density at radius 2 is 1.78 bits per heavy atom. The van der Waals surface area contributed by atoms with Crippen molar-refractivity contribution in [3.05, 3.63) is 66.0 Å². The fourth-order valence-electron chi connectivity index (χ4n) is 2.91. The summed E-state index contributed by atoms with van der Waals surface area (Å²) in [5, 5.41) is 2.25. The van der Waals surface area contributed by atoms with Crippen LogP contribution in [0.5, 0.6) is 5.75 Å². The van der Waals surface area contributed by atoms with E-state index >= 15 is 0 Å². The number of ether oxygens (including phenoxy) is 1. The molecule has 1 N–H and O–H groups in total. The lowest BCUT2D eigenvalue weighted by molar-refractivity contribution is -0.141. The molecule has 0 aliphatic carbocycles. The number of carbonyl (C=O) groups is 1. The van der Waals surface area contributed by atoms with Crippen molar-refractivity contribution in [1.29, 1.82) is 0 Å². The summed E-state index contributed by atoms with van der Waals surface area (Å²) in [5.41, 5.74) is -1.34. The van der Waals surface area contributed by atoms with Gasteiger partial charge >= 0.3 is 6.18 Å². The molecule has 0 spiro atoms. The zero-order chi connectivity index (χ0) is 22.9. The Hall–Kier alpha value is -3.90. The van der Waals surface area contributed by atoms with E-state index in [2.05, 4.69) is 25.3 Å². The number of amides is 1. The van der Waals surface area contributed by atoms with E-state index in [9.17, 15) is 26.7 Å². The van der Waals surface area contributed by atoms with E-state index in [-0.39, 0.29) is 42.3 Å². The molecule has 1 amide bonds. The van der Waals surface area contributed by atoms with Gasteiger partial charge in [-0.3, -0.25) is 4.79 Å². The summed E-state index contributed by atoms with van der Waals surface area (Å²) in [6.45, 7) is 0.535. The summed E-state index contributed by atoms with van der Waals surface area (Å²) in [4.78, 5) is 29.1. The van der Waals surface area contributed by atoms with Gasteiger partial charge in [-0.25, -0.2) is 28.7 Å². The van der Waals surface area contributed by atoms with Gasteiger partial charge in [0.1, 0.15) is 29.7 Å². The van der Waals surface area contributed by atoms with Crippen LogP contribution in [0.1, 0.15) is 16.2 Å². The van der Waals surface area contributed by atoms with Crippen molar-refractivity contribution in [2.75, 3.05) is 23.3 Å². The second kappa shape index (κ2) is 8.32. The first-order chi connectivity index (χ1) is 15.2. The van der Waals surface area contributed by atoms with Crippen molar-refractivity contribution >= 4 is 17.5 Å². The molecule has 1 aromatic carbocycles. The molecule has 1 fully saturated rings. The molecule has 1 aliphatic rings. The van der Waals surface area contributed by atoms with Gasteiger partial charge in [-0.2, -0.15) is 13.2 Å². The quantitative estimate of drug-likeness (QED) is 0.595. The molecule has 0 unspecified atom stereocenters. The number of anilines is 2. The zero-order valence-corrected chi connectivity index (χ0v) is 16.0. The Morgan fingerprint density at radius 1 is 1.03 bits per heavy atom. The molecule has 13 heteroatoms. The Balaban J connectivity index is 1.43. The predicted molar refractivity (Wildman–Crippen MR) is 100 cm³/mol. The summed E-state index contributed by atoms with van der Waals surface area (Å²) in [5.74, 6) is -2.86. The van der Waals surface area contributed by atoms with E-state index in [0.717, 1.165) is 12.1 Å². The largest absolute Gasteiger partial charge is 0.487 e. The first kappa shape index (κ1) is 21.3. The number of nitrogens with one attached hydrogen (secondary N) is 1. The normalized spacial score (nSPS) is 14.1. The number of carbonyl (C=O) groups excluding carboxylic acids is 1. The molecule has 2 aromatic heterocycles. The van der Waals surface area contributed by atoms with Crippen LogP contribution in [0.3, 0.4) is 0 Å². The monoisotopic (exact) mass is 452 g/mol. The molecule has 0 radical (unpaired) electrons. The van der Waals surface area contributed by atoms with Crippen molar-refractivity contribution in [3.63, 3.8) is 0 Å². The number of aromatic nitrogens is 4. The zero-order valence-electron chi connectivity index (χ0n) is 16.0. The third kappa shape index (κ3) is 4.55. The van der Waals surface area contributed by atoms with Gasteiger partial charge in [0.25, 0.3) is 5.91 Å². The first-order valence-corrected chi connectivity index (χ1v) is 9.09. The van der Waals surface area contributed by atoms with Crippen molar-refractivity contribution in [1.82, 2.24) is 19.9 Å². The van der Waals surface area contributed by atoms with E-state index in [1.807, 2.05) is 0 Å². The molecule has 0 atom stereocenters. The van der Waals surface area contributed by atoms with Crippen LogP contribution in [0.15, 0.2) is 43.0 Å². The van der Waals surface area contributed by atoms with Crippen LogP contribution in [0, 0.1) is 11.6 Å². The summed E-state index contributed by atoms with van der Waals surface area (Å²) in [6, 6.07) is 3.77. The number of benzene rings is 1. The Bertz CT molecular complexity index is 1150. The van der Waals surface area contributed by atoms with Crippen LogP contribution in [0.4, 0.5) is 33.6 Å². The highest BCUT2D eigenvalue weighted by atomic mass is 19.4. The fraction of sp³-hybridized carbons (Fsp3) is 0.211. The summed E-state index contributed by atoms with van der Waals surface area (Å²) in [6.07, 6.45) is -1.78. The van der Waals surface area contributed by atoms with Crippen molar-refractivity contribution < 1.29 is 31.5 Å². The van der Waals surface area contributed by atoms with Crippen LogP contribution >= 0.6 is 0 Å². The Kier molecular flexibility index (Phi) is 5.55. The van der Waals surface area contributed by atoms with E-state index in [4.69, 9.17) is 4.74 Å². The highest BCUT2D eigenvalue weighted by Gasteiger charge is 2.34. The van der Waals surface area contributed by atoms with Crippen molar-refractivity contribution in [2.24, 2.45) is 0 Å². The van der Waals surface area contributed by atoms with Gasteiger partial charge in [0.05, 0.1) is 13.1 Å². The molecular formula is C19H13F5N6O2. The minimum atomic E-state index is -4.69. The second-order valence-electron chi connectivity index (χ2n) is 6.69. The van der Waals surface area contributed by atoms with Crippen LogP contribution in [-0.2, 0) is 6.18 Å². The van der Waals surface area contributed by atoms with Gasteiger partial charge < -0.3 is 15.0 Å². The number of halogens is 5. The third-order valence-electron chi connectivity index (χ3n) is 4.43. The molecule has 0 bridgehead atoms. The summed E-state index contributed by atoms with van der Waals surface area (Å²) < 4.78 is 70.3. The molecule has 1 saturated heterocycles. The fourth-order valence-corrected chi connectivity index (χ4v) is 2.91. The van der Waals surface area contributed by atoms with Crippen LogP contribution in [-0.4, -0.2) is 45.0 Å². The number of hydrogen-bond acceptors (Lipinski definition) is 7. The van der Waals surface area contributed by atoms with Gasteiger partial charge in [0.2, 0.25) is 0 Å². The third-order valence-corrected chi connectivity index (χ3v) is 4.43. The van der Waals surface area contributed by atoms with E-state index < -0.39 is 29.4 Å². The maximum Gasteiger partial charge on any atom is 0.433 e. The van der Waals surface area contributed by atoms with Crippen LogP contribution < -0.4 is 15.0 Å². The molecule has 0 saturated carbocycles. The number of rotatable bonds is 5. The summed E-state index contributed by atoms with van der Waals surface area (Å²) >= 11 is 0. The molecule has 3 heterocycles. The number of nitrogens with zero attached hydrogens (tertiary/aromatic N) is 5. The summed E-state index contributed by atoms with van der Waals surface area (Å²) in [7, 11) is 0. The molecule has 32 heavy (non-hydrogen) atoms. The highest BCUT2D eigenvalue weighted by Crippen LogP contribution is 2.29. The van der Waals surface area contributed by atoms with Crippen molar-refractivity contribution in [3.8, 4) is 5.75 Å². The Labute approximate surface area is 177 Å². The number of alkyl halides is 3. The Morgan fingerprint density at radius 3 is 2.50 bits per heavy atom. The first-order valence-electron chi connectivity index (χ1n) is 9.09. The lowest BCUT2D eigenvalue weighted by Gasteiger charge is -2.40.